The highest BCUT2D eigenvalue weighted by molar-refractivity contribution is 5.45. The van der Waals surface area contributed by atoms with Gasteiger partial charge in [-0.1, -0.05) is 5.16 Å². The molecule has 3 aromatic rings. The fourth-order valence-corrected chi connectivity index (χ4v) is 1.90. The molecule has 3 heterocycles. The van der Waals surface area contributed by atoms with E-state index >= 15 is 0 Å². The molecule has 118 valence electrons. The lowest BCUT2D eigenvalue weighted by Crippen LogP contribution is -2.06. The first-order valence-corrected chi connectivity index (χ1v) is 6.71. The molecule has 0 aliphatic rings. The van der Waals surface area contributed by atoms with E-state index in [1.807, 2.05) is 0 Å². The first kappa shape index (κ1) is 14.7. The zero-order valence-electron chi connectivity index (χ0n) is 12.3. The maximum atomic E-state index is 11.1. The molecule has 9 nitrogen and oxygen atoms in total. The average molecular weight is 316 g/mol. The van der Waals surface area contributed by atoms with Crippen LogP contribution in [0.15, 0.2) is 39.5 Å². The Balaban J connectivity index is 1.82. The molecule has 0 saturated heterocycles. The minimum Gasteiger partial charge on any atom is -0.473 e. The number of hydrogen-bond donors (Lipinski definition) is 0. The number of pyridine rings is 1. The monoisotopic (exact) mass is 316 g/mol. The summed E-state index contributed by atoms with van der Waals surface area (Å²) >= 11 is 0. The molecule has 3 aromatic heterocycles. The quantitative estimate of drug-likeness (QED) is 0.520. The van der Waals surface area contributed by atoms with Gasteiger partial charge in [0.2, 0.25) is 11.6 Å². The maximum absolute atomic E-state index is 11.1. The topological polar surface area (TPSA) is 117 Å². The number of hydrogen-bond acceptors (Lipinski definition) is 8. The van der Waals surface area contributed by atoms with Crippen LogP contribution in [0.1, 0.15) is 24.6 Å². The van der Waals surface area contributed by atoms with Crippen molar-refractivity contribution in [2.45, 2.75) is 20.0 Å². The van der Waals surface area contributed by atoms with Crippen LogP contribution in [-0.2, 0) is 0 Å². The van der Waals surface area contributed by atoms with Crippen molar-refractivity contribution in [3.8, 4) is 17.3 Å². The summed E-state index contributed by atoms with van der Waals surface area (Å²) in [5, 5.41) is 14.8. The number of rotatable bonds is 5. The molecule has 9 heteroatoms. The van der Waals surface area contributed by atoms with Crippen molar-refractivity contribution in [2.24, 2.45) is 0 Å². The van der Waals surface area contributed by atoms with Crippen LogP contribution < -0.4 is 4.74 Å². The zero-order valence-corrected chi connectivity index (χ0v) is 12.3. The lowest BCUT2D eigenvalue weighted by molar-refractivity contribution is -0.390. The molecule has 0 unspecified atom stereocenters. The van der Waals surface area contributed by atoms with Crippen molar-refractivity contribution in [1.82, 2.24) is 15.1 Å². The average Bonchev–Trinajstić information content (AvgIpc) is 3.19. The second-order valence-corrected chi connectivity index (χ2v) is 4.73. The first-order valence-electron chi connectivity index (χ1n) is 6.71. The summed E-state index contributed by atoms with van der Waals surface area (Å²) in [5.41, 5.74) is 0.523. The zero-order chi connectivity index (χ0) is 16.4. The Morgan fingerprint density at radius 1 is 1.30 bits per heavy atom. The van der Waals surface area contributed by atoms with Crippen LogP contribution >= 0.6 is 0 Å². The number of ether oxygens (including phenoxy) is 1. The van der Waals surface area contributed by atoms with E-state index in [9.17, 15) is 10.1 Å². The fourth-order valence-electron chi connectivity index (χ4n) is 1.90. The predicted molar refractivity (Wildman–Crippen MR) is 76.7 cm³/mol. The van der Waals surface area contributed by atoms with Crippen molar-refractivity contribution in [3.63, 3.8) is 0 Å². The summed E-state index contributed by atoms with van der Waals surface area (Å²) in [7, 11) is 0. The summed E-state index contributed by atoms with van der Waals surface area (Å²) in [4.78, 5) is 18.5. The van der Waals surface area contributed by atoms with Gasteiger partial charge in [-0.15, -0.1) is 0 Å². The molecule has 3 rings (SSSR count). The first-order chi connectivity index (χ1) is 11.0. The lowest BCUT2D eigenvalue weighted by Gasteiger charge is -2.10. The molecule has 1 atom stereocenters. The van der Waals surface area contributed by atoms with Gasteiger partial charge in [0.05, 0.1) is 6.26 Å². The van der Waals surface area contributed by atoms with E-state index in [0.717, 1.165) is 0 Å². The van der Waals surface area contributed by atoms with Crippen LogP contribution in [-0.4, -0.2) is 20.0 Å². The van der Waals surface area contributed by atoms with E-state index in [4.69, 9.17) is 13.7 Å². The van der Waals surface area contributed by atoms with Gasteiger partial charge in [-0.3, -0.25) is 0 Å². The normalized spacial score (nSPS) is 12.1. The molecule has 0 aliphatic carbocycles. The van der Waals surface area contributed by atoms with Crippen molar-refractivity contribution in [2.75, 3.05) is 0 Å². The number of furan rings is 1. The summed E-state index contributed by atoms with van der Waals surface area (Å²) in [6, 6.07) is 6.50. The summed E-state index contributed by atoms with van der Waals surface area (Å²) < 4.78 is 15.8. The van der Waals surface area contributed by atoms with Gasteiger partial charge in [0, 0.05) is 6.92 Å². The molecule has 23 heavy (non-hydrogen) atoms. The number of aryl methyl sites for hydroxylation is 1. The van der Waals surface area contributed by atoms with Crippen molar-refractivity contribution in [1.29, 1.82) is 0 Å². The molecule has 0 aromatic carbocycles. The molecule has 0 amide bonds. The Hall–Kier alpha value is -3.23. The Morgan fingerprint density at radius 3 is 2.83 bits per heavy atom. The van der Waals surface area contributed by atoms with Crippen molar-refractivity contribution >= 4 is 5.82 Å². The van der Waals surface area contributed by atoms with E-state index < -0.39 is 11.0 Å². The smallest absolute Gasteiger partial charge is 0.406 e. The molecular weight excluding hydrogens is 304 g/mol. The van der Waals surface area contributed by atoms with E-state index in [1.54, 1.807) is 32.0 Å². The van der Waals surface area contributed by atoms with Gasteiger partial charge >= 0.3 is 5.82 Å². The van der Waals surface area contributed by atoms with Gasteiger partial charge in [0.15, 0.2) is 11.9 Å². The molecular formula is C14H12N4O5. The van der Waals surface area contributed by atoms with Crippen LogP contribution in [0.2, 0.25) is 0 Å². The van der Waals surface area contributed by atoms with Crippen LogP contribution in [0.4, 0.5) is 5.82 Å². The molecule has 0 N–H and O–H groups in total. The van der Waals surface area contributed by atoms with Gasteiger partial charge in [0.1, 0.15) is 5.69 Å². The van der Waals surface area contributed by atoms with Crippen LogP contribution in [0, 0.1) is 17.0 Å². The summed E-state index contributed by atoms with van der Waals surface area (Å²) in [5.74, 6) is 0.576. The minimum atomic E-state index is -0.686. The SMILES string of the molecule is Cc1ccc(O[C@@H](C)c2nc(-c3ccco3)no2)c([N+](=O)[O-])n1. The Kier molecular flexibility index (Phi) is 3.75. The van der Waals surface area contributed by atoms with Crippen molar-refractivity contribution < 1.29 is 18.6 Å². The van der Waals surface area contributed by atoms with Crippen LogP contribution in [0.25, 0.3) is 11.6 Å². The van der Waals surface area contributed by atoms with E-state index in [1.165, 1.54) is 12.3 Å². The Labute approximate surface area is 130 Å². The third-order valence-electron chi connectivity index (χ3n) is 2.99. The van der Waals surface area contributed by atoms with Gasteiger partial charge in [0.25, 0.3) is 5.89 Å². The Morgan fingerprint density at radius 2 is 2.13 bits per heavy atom. The van der Waals surface area contributed by atoms with E-state index in [-0.39, 0.29) is 23.3 Å². The molecule has 0 fully saturated rings. The minimum absolute atomic E-state index is 0.0332. The number of nitrogens with zero attached hydrogens (tertiary/aromatic N) is 4. The van der Waals surface area contributed by atoms with Crippen molar-refractivity contribution in [3.05, 3.63) is 52.2 Å². The molecule has 0 saturated carbocycles. The highest BCUT2D eigenvalue weighted by atomic mass is 16.6. The van der Waals surface area contributed by atoms with E-state index in [0.29, 0.717) is 11.5 Å². The van der Waals surface area contributed by atoms with E-state index in [2.05, 4.69) is 15.1 Å². The summed E-state index contributed by atoms with van der Waals surface area (Å²) in [6.07, 6.45) is 0.807. The second kappa shape index (κ2) is 5.87. The van der Waals surface area contributed by atoms with Crippen LogP contribution in [0.3, 0.4) is 0 Å². The Bertz CT molecular complexity index is 828. The molecule has 0 radical (unpaired) electrons. The lowest BCUT2D eigenvalue weighted by atomic mass is 10.3. The predicted octanol–water partition coefficient (Wildman–Crippen LogP) is 3.08. The third-order valence-corrected chi connectivity index (χ3v) is 2.99. The maximum Gasteiger partial charge on any atom is 0.406 e. The second-order valence-electron chi connectivity index (χ2n) is 4.73. The van der Waals surface area contributed by atoms with Gasteiger partial charge in [-0.25, -0.2) is 0 Å². The fraction of sp³-hybridized carbons (Fsp3) is 0.214. The molecule has 0 aliphatic heterocycles. The van der Waals surface area contributed by atoms with Gasteiger partial charge in [-0.05, 0) is 41.1 Å². The number of aromatic nitrogens is 3. The van der Waals surface area contributed by atoms with Gasteiger partial charge in [-0.2, -0.15) is 4.98 Å². The highest BCUT2D eigenvalue weighted by Crippen LogP contribution is 2.29. The molecule has 0 bridgehead atoms. The highest BCUT2D eigenvalue weighted by Gasteiger charge is 2.23. The third kappa shape index (κ3) is 3.03. The molecule has 0 spiro atoms. The summed E-state index contributed by atoms with van der Waals surface area (Å²) in [6.45, 7) is 3.30. The van der Waals surface area contributed by atoms with Gasteiger partial charge < -0.3 is 23.8 Å². The standard InChI is InChI=1S/C14H12N4O5/c1-8-5-6-11(13(15-8)18(19)20)22-9(2)14-16-12(17-23-14)10-4-3-7-21-10/h3-7,9H,1-2H3/t9-/m0/s1. The van der Waals surface area contributed by atoms with Crippen LogP contribution in [0.5, 0.6) is 5.75 Å². The largest absolute Gasteiger partial charge is 0.473 e. The number of nitro groups is 1.